The molecule has 4 atom stereocenters. The van der Waals surface area contributed by atoms with Crippen molar-refractivity contribution < 1.29 is 22.7 Å². The largest absolute Gasteiger partial charge is 0.487 e. The van der Waals surface area contributed by atoms with Gasteiger partial charge in [0.05, 0.1) is 23.1 Å². The summed E-state index contributed by atoms with van der Waals surface area (Å²) in [5, 5.41) is 0.0884. The summed E-state index contributed by atoms with van der Waals surface area (Å²) in [7, 11) is -3.79. The van der Waals surface area contributed by atoms with E-state index in [2.05, 4.69) is 9.62 Å². The van der Waals surface area contributed by atoms with Crippen molar-refractivity contribution >= 4 is 33.2 Å². The molecular weight excluding hydrogens is 560 g/mol. The number of hydrogen-bond acceptors (Lipinski definition) is 6. The maximum atomic E-state index is 13.3. The van der Waals surface area contributed by atoms with Crippen molar-refractivity contribution in [2.24, 2.45) is 11.8 Å². The Hall–Kier alpha value is -2.29. The number of carbonyl (C=O) groups excluding carboxylic acids is 1. The third-order valence-electron chi connectivity index (χ3n) is 9.78. The smallest absolute Gasteiger partial charge is 0.264 e. The Kier molecular flexibility index (Phi) is 8.27. The molecule has 2 aromatic carbocycles. The van der Waals surface area contributed by atoms with Crippen LogP contribution in [0.2, 0.25) is 5.02 Å². The van der Waals surface area contributed by atoms with Crippen LogP contribution in [-0.4, -0.2) is 44.9 Å². The first-order valence-electron chi connectivity index (χ1n) is 15.2. The number of hydrogen-bond donors (Lipinski definition) is 1. The lowest BCUT2D eigenvalue weighted by Crippen LogP contribution is -2.45. The molecule has 0 radical (unpaired) electrons. The fourth-order valence-corrected chi connectivity index (χ4v) is 8.21. The number of nitrogens with zero attached hydrogens (tertiary/aromatic N) is 1. The van der Waals surface area contributed by atoms with Crippen LogP contribution in [0.5, 0.6) is 5.75 Å². The van der Waals surface area contributed by atoms with Crippen LogP contribution in [0.1, 0.15) is 86.2 Å². The van der Waals surface area contributed by atoms with Gasteiger partial charge in [-0.3, -0.25) is 4.79 Å². The Bertz CT molecular complexity index is 1390. The molecule has 222 valence electrons. The second-order valence-corrected chi connectivity index (χ2v) is 15.0. The monoisotopic (exact) mass is 600 g/mol. The van der Waals surface area contributed by atoms with Crippen molar-refractivity contribution in [3.05, 3.63) is 58.1 Å². The lowest BCUT2D eigenvalue weighted by molar-refractivity contribution is 0.0655. The minimum absolute atomic E-state index is 0.0111. The molecule has 3 heterocycles. The number of amides is 1. The van der Waals surface area contributed by atoms with Crippen LogP contribution in [0.3, 0.4) is 0 Å². The van der Waals surface area contributed by atoms with Crippen LogP contribution in [0.4, 0.5) is 5.69 Å². The van der Waals surface area contributed by atoms with E-state index < -0.39 is 21.2 Å². The van der Waals surface area contributed by atoms with E-state index in [1.54, 1.807) is 13.0 Å². The Morgan fingerprint density at radius 3 is 2.63 bits per heavy atom. The maximum Gasteiger partial charge on any atom is 0.264 e. The molecule has 6 rings (SSSR count). The van der Waals surface area contributed by atoms with E-state index in [0.29, 0.717) is 36.2 Å². The first-order valence-corrected chi connectivity index (χ1v) is 17.2. The van der Waals surface area contributed by atoms with E-state index in [1.165, 1.54) is 18.4 Å². The van der Waals surface area contributed by atoms with Gasteiger partial charge in [0, 0.05) is 23.7 Å². The average Bonchev–Trinajstić information content (AvgIpc) is 3.70. The number of halogens is 1. The van der Waals surface area contributed by atoms with E-state index in [0.717, 1.165) is 80.9 Å². The highest BCUT2D eigenvalue weighted by Gasteiger charge is 2.56. The van der Waals surface area contributed by atoms with Crippen molar-refractivity contribution in [2.75, 3.05) is 24.6 Å². The van der Waals surface area contributed by atoms with E-state index in [1.807, 2.05) is 30.3 Å². The summed E-state index contributed by atoms with van der Waals surface area (Å²) in [6.07, 6.45) is 9.67. The molecule has 2 fully saturated rings. The summed E-state index contributed by atoms with van der Waals surface area (Å²) >= 11 is 6.32. The molecule has 0 aromatic heterocycles. The van der Waals surface area contributed by atoms with E-state index in [4.69, 9.17) is 21.1 Å². The topological polar surface area (TPSA) is 88.2 Å². The van der Waals surface area contributed by atoms with Crippen LogP contribution < -0.4 is 14.4 Å². The molecule has 9 heteroatoms. The number of nitrogens with one attached hydrogen (secondary N) is 1. The molecule has 1 spiro atoms. The number of sulfonamides is 1. The molecule has 1 saturated heterocycles. The fourth-order valence-electron chi connectivity index (χ4n) is 6.96. The van der Waals surface area contributed by atoms with Gasteiger partial charge in [-0.25, -0.2) is 13.1 Å². The zero-order valence-electron chi connectivity index (χ0n) is 23.9. The molecule has 7 nitrogen and oxygen atoms in total. The van der Waals surface area contributed by atoms with Crippen molar-refractivity contribution in [3.63, 3.8) is 0 Å². The highest BCUT2D eigenvalue weighted by atomic mass is 35.5. The highest BCUT2D eigenvalue weighted by molar-refractivity contribution is 7.90. The molecule has 4 aliphatic rings. The van der Waals surface area contributed by atoms with E-state index in [9.17, 15) is 13.2 Å². The normalized spacial score (nSPS) is 30.3. The number of fused-ring (bicyclic) bond motifs is 4. The lowest BCUT2D eigenvalue weighted by atomic mass is 9.65. The molecule has 2 bridgehead atoms. The molecule has 41 heavy (non-hydrogen) atoms. The predicted molar refractivity (Wildman–Crippen MR) is 161 cm³/mol. The van der Waals surface area contributed by atoms with Crippen LogP contribution in [0.15, 0.2) is 36.4 Å². The van der Waals surface area contributed by atoms with Gasteiger partial charge in [-0.2, -0.15) is 0 Å². The number of epoxide rings is 1. The lowest BCUT2D eigenvalue weighted by Gasteiger charge is -2.44. The molecule has 3 aliphatic heterocycles. The molecule has 1 unspecified atom stereocenters. The number of ether oxygens (including phenoxy) is 2. The summed E-state index contributed by atoms with van der Waals surface area (Å²) in [5.41, 5.74) is 3.47. The van der Waals surface area contributed by atoms with Crippen LogP contribution in [0.25, 0.3) is 0 Å². The van der Waals surface area contributed by atoms with Gasteiger partial charge in [-0.1, -0.05) is 36.9 Å². The quantitative estimate of drug-likeness (QED) is 0.359. The minimum Gasteiger partial charge on any atom is -0.487 e. The van der Waals surface area contributed by atoms with Crippen molar-refractivity contribution in [3.8, 4) is 5.75 Å². The zero-order chi connectivity index (χ0) is 28.6. The third-order valence-corrected chi connectivity index (χ3v) is 11.8. The maximum absolute atomic E-state index is 13.3. The third kappa shape index (κ3) is 6.25. The van der Waals surface area contributed by atoms with E-state index >= 15 is 0 Å². The number of rotatable bonds is 0. The van der Waals surface area contributed by atoms with Gasteiger partial charge in [0.1, 0.15) is 12.4 Å². The molecular formula is C32H41ClN2O5S. The Balaban J connectivity index is 1.36. The number of carbonyl (C=O) groups is 1. The van der Waals surface area contributed by atoms with Gasteiger partial charge in [0.25, 0.3) is 5.91 Å². The van der Waals surface area contributed by atoms with Gasteiger partial charge in [0.2, 0.25) is 10.0 Å². The Morgan fingerprint density at radius 2 is 1.85 bits per heavy atom. The number of benzene rings is 2. The van der Waals surface area contributed by atoms with Crippen molar-refractivity contribution in [2.45, 2.75) is 88.6 Å². The Morgan fingerprint density at radius 1 is 1.00 bits per heavy atom. The SMILES string of the molecule is C[C@@H]1CCCCCC2(CO2)[C@@H]2CC[C@H]2CN2CCCCc3cc(Cl)ccc3COc3ccc(cc32)C(=O)NS1(=O)=O. The van der Waals surface area contributed by atoms with Crippen LogP contribution >= 0.6 is 11.6 Å². The van der Waals surface area contributed by atoms with Gasteiger partial charge in [0.15, 0.2) is 0 Å². The molecule has 2 aromatic rings. The molecule has 1 N–H and O–H groups in total. The van der Waals surface area contributed by atoms with Crippen molar-refractivity contribution in [1.29, 1.82) is 0 Å². The zero-order valence-corrected chi connectivity index (χ0v) is 25.4. The van der Waals surface area contributed by atoms with Gasteiger partial charge in [-0.05, 0) is 105 Å². The van der Waals surface area contributed by atoms with Crippen LogP contribution in [-0.2, 0) is 27.8 Å². The Labute approximate surface area is 249 Å². The summed E-state index contributed by atoms with van der Waals surface area (Å²) < 4.78 is 41.0. The minimum atomic E-state index is -3.79. The van der Waals surface area contributed by atoms with Gasteiger partial charge < -0.3 is 14.4 Å². The summed E-state index contributed by atoms with van der Waals surface area (Å²) in [4.78, 5) is 15.7. The molecule has 1 aliphatic carbocycles. The molecule has 1 amide bonds. The summed E-state index contributed by atoms with van der Waals surface area (Å²) in [5.74, 6) is 1.16. The first-order chi connectivity index (χ1) is 19.7. The highest BCUT2D eigenvalue weighted by Crippen LogP contribution is 2.53. The van der Waals surface area contributed by atoms with Crippen LogP contribution in [0, 0.1) is 11.8 Å². The van der Waals surface area contributed by atoms with Gasteiger partial charge in [-0.15, -0.1) is 0 Å². The second kappa shape index (κ2) is 11.8. The second-order valence-electron chi connectivity index (χ2n) is 12.5. The van der Waals surface area contributed by atoms with E-state index in [-0.39, 0.29) is 5.60 Å². The standard InChI is InChI=1S/C32H41ClN2O5S/c1-22-7-3-2-5-15-32(21-40-32)28-13-10-25(28)19-35-16-6-4-8-23-17-27(33)12-9-26(23)20-39-30-14-11-24(18-29(30)35)31(36)34-41(22,37)38/h9,11-12,14,17-18,22,25,28H,2-8,10,13,15-16,19-21H2,1H3,(H,34,36)/t22-,25+,28-,32?/m1/s1. The van der Waals surface area contributed by atoms with Crippen molar-refractivity contribution in [1.82, 2.24) is 4.72 Å². The first kappa shape index (κ1) is 28.8. The number of anilines is 1. The number of aryl methyl sites for hydroxylation is 1. The summed E-state index contributed by atoms with van der Waals surface area (Å²) in [6.45, 7) is 4.61. The average molecular weight is 601 g/mol. The van der Waals surface area contributed by atoms with Gasteiger partial charge >= 0.3 is 0 Å². The summed E-state index contributed by atoms with van der Waals surface area (Å²) in [6, 6.07) is 11.3. The predicted octanol–water partition coefficient (Wildman–Crippen LogP) is 6.27. The molecule has 1 saturated carbocycles. The fraction of sp³-hybridized carbons (Fsp3) is 0.594.